The van der Waals surface area contributed by atoms with Gasteiger partial charge in [0.25, 0.3) is 5.91 Å². The lowest BCUT2D eigenvalue weighted by atomic mass is 10.2. The van der Waals surface area contributed by atoms with Gasteiger partial charge >= 0.3 is 0 Å². The number of nitrogens with zero attached hydrogens (tertiary/aromatic N) is 1. The zero-order chi connectivity index (χ0) is 9.84. The van der Waals surface area contributed by atoms with Crippen LogP contribution in [-0.2, 0) is 6.54 Å². The molecule has 1 aromatic rings. The van der Waals surface area contributed by atoms with Gasteiger partial charge in [0.1, 0.15) is 0 Å². The first kappa shape index (κ1) is 10.2. The standard InChI is InChI=1S/C9H14N2OS/c1-10-9(12)8-7(4-5-13-8)6-11(2)3/h4-5H,6H2,1-3H3,(H,10,12). The SMILES string of the molecule is CNC(=O)c1sccc1CN(C)C. The van der Waals surface area contributed by atoms with Gasteiger partial charge in [-0.2, -0.15) is 0 Å². The number of hydrogen-bond acceptors (Lipinski definition) is 3. The molecule has 0 unspecified atom stereocenters. The third kappa shape index (κ3) is 2.54. The highest BCUT2D eigenvalue weighted by Crippen LogP contribution is 2.17. The first-order chi connectivity index (χ1) is 6.15. The van der Waals surface area contributed by atoms with E-state index in [1.807, 2.05) is 25.5 Å². The van der Waals surface area contributed by atoms with Crippen molar-refractivity contribution in [3.63, 3.8) is 0 Å². The molecule has 0 atom stereocenters. The molecule has 1 rings (SSSR count). The van der Waals surface area contributed by atoms with Gasteiger partial charge < -0.3 is 10.2 Å². The second-order valence-electron chi connectivity index (χ2n) is 3.09. The summed E-state index contributed by atoms with van der Waals surface area (Å²) in [5.41, 5.74) is 1.09. The average Bonchev–Trinajstić information content (AvgIpc) is 2.50. The highest BCUT2D eigenvalue weighted by atomic mass is 32.1. The monoisotopic (exact) mass is 198 g/mol. The highest BCUT2D eigenvalue weighted by Gasteiger charge is 2.11. The molecule has 13 heavy (non-hydrogen) atoms. The maximum Gasteiger partial charge on any atom is 0.261 e. The van der Waals surface area contributed by atoms with Crippen LogP contribution < -0.4 is 5.32 Å². The van der Waals surface area contributed by atoms with Gasteiger partial charge in [-0.3, -0.25) is 4.79 Å². The minimum absolute atomic E-state index is 0.00634. The van der Waals surface area contributed by atoms with Crippen molar-refractivity contribution in [1.29, 1.82) is 0 Å². The van der Waals surface area contributed by atoms with Crippen LogP contribution in [0, 0.1) is 0 Å². The molecule has 1 amide bonds. The first-order valence-electron chi connectivity index (χ1n) is 4.08. The summed E-state index contributed by atoms with van der Waals surface area (Å²) in [6.45, 7) is 0.812. The van der Waals surface area contributed by atoms with Gasteiger partial charge in [0.2, 0.25) is 0 Å². The number of carbonyl (C=O) groups excluding carboxylic acids is 1. The second kappa shape index (κ2) is 4.39. The first-order valence-corrected chi connectivity index (χ1v) is 4.96. The Balaban J connectivity index is 2.83. The van der Waals surface area contributed by atoms with Crippen molar-refractivity contribution in [3.05, 3.63) is 21.9 Å². The molecule has 0 spiro atoms. The van der Waals surface area contributed by atoms with Crippen LogP contribution in [0.2, 0.25) is 0 Å². The number of rotatable bonds is 3. The molecule has 0 saturated heterocycles. The Kier molecular flexibility index (Phi) is 3.45. The zero-order valence-electron chi connectivity index (χ0n) is 8.13. The molecule has 1 heterocycles. The van der Waals surface area contributed by atoms with Crippen molar-refractivity contribution < 1.29 is 4.79 Å². The molecular weight excluding hydrogens is 184 g/mol. The molecule has 72 valence electrons. The molecule has 0 saturated carbocycles. The van der Waals surface area contributed by atoms with Crippen molar-refractivity contribution in [2.75, 3.05) is 21.1 Å². The lowest BCUT2D eigenvalue weighted by Crippen LogP contribution is -2.19. The minimum atomic E-state index is 0.00634. The smallest absolute Gasteiger partial charge is 0.261 e. The molecule has 0 bridgehead atoms. The lowest BCUT2D eigenvalue weighted by molar-refractivity contribution is 0.0965. The van der Waals surface area contributed by atoms with Gasteiger partial charge in [-0.1, -0.05) is 0 Å². The molecule has 1 aromatic heterocycles. The molecule has 0 aliphatic heterocycles. The molecular formula is C9H14N2OS. The molecule has 3 nitrogen and oxygen atoms in total. The summed E-state index contributed by atoms with van der Waals surface area (Å²) < 4.78 is 0. The van der Waals surface area contributed by atoms with E-state index < -0.39 is 0 Å². The van der Waals surface area contributed by atoms with Gasteiger partial charge in [-0.15, -0.1) is 11.3 Å². The van der Waals surface area contributed by atoms with E-state index in [0.717, 1.165) is 17.0 Å². The van der Waals surface area contributed by atoms with Crippen LogP contribution in [0.25, 0.3) is 0 Å². The Morgan fingerprint density at radius 1 is 1.62 bits per heavy atom. The van der Waals surface area contributed by atoms with E-state index in [9.17, 15) is 4.79 Å². The molecule has 1 N–H and O–H groups in total. The fourth-order valence-corrected chi connectivity index (χ4v) is 1.98. The van der Waals surface area contributed by atoms with E-state index >= 15 is 0 Å². The van der Waals surface area contributed by atoms with Crippen LogP contribution in [0.15, 0.2) is 11.4 Å². The Hall–Kier alpha value is -0.870. The van der Waals surface area contributed by atoms with E-state index in [-0.39, 0.29) is 5.91 Å². The van der Waals surface area contributed by atoms with Gasteiger partial charge in [-0.05, 0) is 31.1 Å². The third-order valence-electron chi connectivity index (χ3n) is 1.67. The predicted molar refractivity (Wildman–Crippen MR) is 55.1 cm³/mol. The summed E-state index contributed by atoms with van der Waals surface area (Å²) >= 11 is 1.49. The number of hydrogen-bond donors (Lipinski definition) is 1. The normalized spacial score (nSPS) is 10.5. The zero-order valence-corrected chi connectivity index (χ0v) is 8.94. The van der Waals surface area contributed by atoms with Crippen molar-refractivity contribution in [2.24, 2.45) is 0 Å². The van der Waals surface area contributed by atoms with Crippen molar-refractivity contribution in [3.8, 4) is 0 Å². The number of amides is 1. The van der Waals surface area contributed by atoms with Crippen LogP contribution in [0.4, 0.5) is 0 Å². The van der Waals surface area contributed by atoms with Gasteiger partial charge in [0.05, 0.1) is 4.88 Å². The molecule has 4 heteroatoms. The summed E-state index contributed by atoms with van der Waals surface area (Å²) in [5, 5.41) is 4.58. The third-order valence-corrected chi connectivity index (χ3v) is 2.62. The Morgan fingerprint density at radius 3 is 2.85 bits per heavy atom. The molecule has 0 aliphatic carbocycles. The summed E-state index contributed by atoms with van der Waals surface area (Å²) in [6.07, 6.45) is 0. The number of nitrogens with one attached hydrogen (secondary N) is 1. The predicted octanol–water partition coefficient (Wildman–Crippen LogP) is 1.17. The Bertz CT molecular complexity index is 294. The van der Waals surface area contributed by atoms with Crippen LogP contribution in [0.1, 0.15) is 15.2 Å². The minimum Gasteiger partial charge on any atom is -0.354 e. The summed E-state index contributed by atoms with van der Waals surface area (Å²) in [5.74, 6) is 0.00634. The maximum atomic E-state index is 11.4. The average molecular weight is 198 g/mol. The Labute approximate surface area is 82.4 Å². The van der Waals surface area contributed by atoms with E-state index in [1.165, 1.54) is 11.3 Å². The molecule has 0 radical (unpaired) electrons. The fourth-order valence-electron chi connectivity index (χ4n) is 1.11. The van der Waals surface area contributed by atoms with E-state index in [4.69, 9.17) is 0 Å². The van der Waals surface area contributed by atoms with Crippen LogP contribution >= 0.6 is 11.3 Å². The van der Waals surface area contributed by atoms with Crippen molar-refractivity contribution in [1.82, 2.24) is 10.2 Å². The molecule has 0 aliphatic rings. The van der Waals surface area contributed by atoms with E-state index in [0.29, 0.717) is 0 Å². The largest absolute Gasteiger partial charge is 0.354 e. The van der Waals surface area contributed by atoms with Crippen LogP contribution in [0.5, 0.6) is 0 Å². The van der Waals surface area contributed by atoms with Gasteiger partial charge in [0.15, 0.2) is 0 Å². The van der Waals surface area contributed by atoms with Gasteiger partial charge in [0, 0.05) is 13.6 Å². The van der Waals surface area contributed by atoms with Crippen LogP contribution in [-0.4, -0.2) is 32.0 Å². The molecule has 0 fully saturated rings. The quantitative estimate of drug-likeness (QED) is 0.790. The maximum absolute atomic E-state index is 11.4. The summed E-state index contributed by atoms with van der Waals surface area (Å²) in [4.78, 5) is 14.2. The van der Waals surface area contributed by atoms with Crippen molar-refractivity contribution in [2.45, 2.75) is 6.54 Å². The lowest BCUT2D eigenvalue weighted by Gasteiger charge is -2.09. The Morgan fingerprint density at radius 2 is 2.31 bits per heavy atom. The van der Waals surface area contributed by atoms with E-state index in [2.05, 4.69) is 10.2 Å². The topological polar surface area (TPSA) is 32.3 Å². The van der Waals surface area contributed by atoms with E-state index in [1.54, 1.807) is 7.05 Å². The number of thiophene rings is 1. The summed E-state index contributed by atoms with van der Waals surface area (Å²) in [6, 6.07) is 2.00. The van der Waals surface area contributed by atoms with Gasteiger partial charge in [-0.25, -0.2) is 0 Å². The van der Waals surface area contributed by atoms with Crippen molar-refractivity contribution >= 4 is 17.2 Å². The molecule has 0 aromatic carbocycles. The second-order valence-corrected chi connectivity index (χ2v) is 4.01. The highest BCUT2D eigenvalue weighted by molar-refractivity contribution is 7.12. The fraction of sp³-hybridized carbons (Fsp3) is 0.444. The van der Waals surface area contributed by atoms with Crippen LogP contribution in [0.3, 0.4) is 0 Å². The number of carbonyl (C=O) groups is 1. The summed E-state index contributed by atoms with van der Waals surface area (Å²) in [7, 11) is 5.64.